The van der Waals surface area contributed by atoms with Crippen molar-refractivity contribution in [2.45, 2.75) is 33.2 Å². The van der Waals surface area contributed by atoms with Gasteiger partial charge in [-0.05, 0) is 6.42 Å². The van der Waals surface area contributed by atoms with Gasteiger partial charge in [-0.2, -0.15) is 0 Å². The fraction of sp³-hybridized carbons (Fsp3) is 0.778. The van der Waals surface area contributed by atoms with Gasteiger partial charge in [-0.1, -0.05) is 13.8 Å². The Labute approximate surface area is 72.7 Å². The maximum Gasteiger partial charge on any atom is 0.220 e. The number of carbonyl (C=O) groups excluding carboxylic acids is 2. The van der Waals surface area contributed by atoms with Crippen molar-refractivity contribution < 1.29 is 9.59 Å². The normalized spacial score (nSPS) is 22.3. The van der Waals surface area contributed by atoms with E-state index in [-0.39, 0.29) is 23.7 Å². The summed E-state index contributed by atoms with van der Waals surface area (Å²) in [6.45, 7) is 6.01. The van der Waals surface area contributed by atoms with Gasteiger partial charge in [-0.25, -0.2) is 0 Å². The number of hydrogen-bond donors (Lipinski definition) is 0. The molecule has 0 spiro atoms. The first-order chi connectivity index (χ1) is 5.54. The first-order valence-corrected chi connectivity index (χ1v) is 4.35. The molecular weight excluding hydrogens is 154 g/mol. The molecule has 3 heteroatoms. The molecule has 1 atom stereocenters. The topological polar surface area (TPSA) is 37.4 Å². The van der Waals surface area contributed by atoms with E-state index in [0.29, 0.717) is 0 Å². The lowest BCUT2D eigenvalue weighted by Crippen LogP contribution is -2.55. The summed E-state index contributed by atoms with van der Waals surface area (Å²) in [6.07, 6.45) is 0.844. The van der Waals surface area contributed by atoms with Crippen LogP contribution in [0, 0.1) is 5.92 Å². The van der Waals surface area contributed by atoms with Gasteiger partial charge >= 0.3 is 0 Å². The van der Waals surface area contributed by atoms with Crippen molar-refractivity contribution in [1.82, 2.24) is 4.90 Å². The van der Waals surface area contributed by atoms with E-state index >= 15 is 0 Å². The molecule has 0 aromatic rings. The largest absolute Gasteiger partial charge is 0.333 e. The molecule has 12 heavy (non-hydrogen) atoms. The third-order valence-electron chi connectivity index (χ3n) is 2.32. The van der Waals surface area contributed by atoms with E-state index in [1.807, 2.05) is 13.8 Å². The van der Waals surface area contributed by atoms with Gasteiger partial charge in [0.15, 0.2) is 5.78 Å². The molecule has 0 aliphatic carbocycles. The Morgan fingerprint density at radius 1 is 1.42 bits per heavy atom. The summed E-state index contributed by atoms with van der Waals surface area (Å²) in [4.78, 5) is 24.0. The molecule has 0 saturated carbocycles. The van der Waals surface area contributed by atoms with Crippen LogP contribution in [0.4, 0.5) is 0 Å². The number of likely N-dealkylation sites (tertiary alicyclic amines) is 1. The molecule has 0 radical (unpaired) electrons. The maximum absolute atomic E-state index is 11.4. The highest BCUT2D eigenvalue weighted by Crippen LogP contribution is 2.20. The molecule has 1 rings (SSSR count). The van der Waals surface area contributed by atoms with Crippen LogP contribution in [0.1, 0.15) is 27.2 Å². The van der Waals surface area contributed by atoms with Crippen LogP contribution in [0.15, 0.2) is 0 Å². The smallest absolute Gasteiger partial charge is 0.220 e. The zero-order valence-corrected chi connectivity index (χ0v) is 7.83. The summed E-state index contributed by atoms with van der Waals surface area (Å²) in [5.74, 6) is 0.244. The minimum atomic E-state index is -0.123. The summed E-state index contributed by atoms with van der Waals surface area (Å²) < 4.78 is 0. The number of carbonyl (C=O) groups is 2. The van der Waals surface area contributed by atoms with E-state index in [1.54, 1.807) is 4.90 Å². The summed E-state index contributed by atoms with van der Waals surface area (Å²) in [7, 11) is 0. The predicted molar refractivity (Wildman–Crippen MR) is 45.6 cm³/mol. The van der Waals surface area contributed by atoms with Gasteiger partial charge in [0, 0.05) is 19.4 Å². The number of rotatable bonds is 2. The SMILES string of the molecule is CC(=O)N1CC[C@H]1C(=O)C(C)C. The van der Waals surface area contributed by atoms with E-state index in [9.17, 15) is 9.59 Å². The molecular formula is C9H15NO2. The Morgan fingerprint density at radius 2 is 2.00 bits per heavy atom. The van der Waals surface area contributed by atoms with Crippen LogP contribution >= 0.6 is 0 Å². The van der Waals surface area contributed by atoms with Gasteiger partial charge < -0.3 is 4.90 Å². The average Bonchev–Trinajstić information content (AvgIpc) is 1.82. The second-order valence-corrected chi connectivity index (χ2v) is 3.57. The molecule has 3 nitrogen and oxygen atoms in total. The third kappa shape index (κ3) is 1.49. The van der Waals surface area contributed by atoms with Crippen LogP contribution in [0.3, 0.4) is 0 Å². The molecule has 0 unspecified atom stereocenters. The van der Waals surface area contributed by atoms with Crippen LogP contribution in [-0.2, 0) is 9.59 Å². The lowest BCUT2D eigenvalue weighted by Gasteiger charge is -2.40. The Kier molecular flexibility index (Phi) is 2.50. The van der Waals surface area contributed by atoms with E-state index in [4.69, 9.17) is 0 Å². The van der Waals surface area contributed by atoms with Crippen molar-refractivity contribution in [3.05, 3.63) is 0 Å². The van der Waals surface area contributed by atoms with Gasteiger partial charge in [0.1, 0.15) is 0 Å². The molecule has 0 N–H and O–H groups in total. The second-order valence-electron chi connectivity index (χ2n) is 3.57. The molecule has 0 bridgehead atoms. The highest BCUT2D eigenvalue weighted by atomic mass is 16.2. The zero-order chi connectivity index (χ0) is 9.30. The fourth-order valence-corrected chi connectivity index (χ4v) is 1.44. The Balaban J connectivity index is 2.55. The van der Waals surface area contributed by atoms with Gasteiger partial charge in [0.05, 0.1) is 6.04 Å². The number of nitrogens with zero attached hydrogens (tertiary/aromatic N) is 1. The third-order valence-corrected chi connectivity index (χ3v) is 2.32. The van der Waals surface area contributed by atoms with E-state index in [0.717, 1.165) is 13.0 Å². The molecule has 0 aromatic heterocycles. The lowest BCUT2D eigenvalue weighted by molar-refractivity contribution is -0.146. The van der Waals surface area contributed by atoms with Crippen LogP contribution < -0.4 is 0 Å². The first-order valence-electron chi connectivity index (χ1n) is 4.35. The molecule has 1 heterocycles. The zero-order valence-electron chi connectivity index (χ0n) is 7.83. The average molecular weight is 169 g/mol. The van der Waals surface area contributed by atoms with Crippen molar-refractivity contribution in [3.8, 4) is 0 Å². The van der Waals surface area contributed by atoms with Crippen molar-refractivity contribution in [1.29, 1.82) is 0 Å². The molecule has 1 aliphatic heterocycles. The van der Waals surface area contributed by atoms with E-state index in [2.05, 4.69) is 0 Å². The fourth-order valence-electron chi connectivity index (χ4n) is 1.44. The molecule has 0 aromatic carbocycles. The quantitative estimate of drug-likeness (QED) is 0.614. The van der Waals surface area contributed by atoms with Crippen LogP contribution in [0.5, 0.6) is 0 Å². The number of Topliss-reactive ketones (excluding diaryl/α,β-unsaturated/α-hetero) is 1. The first kappa shape index (κ1) is 9.23. The summed E-state index contributed by atoms with van der Waals surface area (Å²) >= 11 is 0. The van der Waals surface area contributed by atoms with Crippen LogP contribution in [-0.4, -0.2) is 29.2 Å². The molecule has 68 valence electrons. The van der Waals surface area contributed by atoms with Gasteiger partial charge in [0.2, 0.25) is 5.91 Å². The minimum Gasteiger partial charge on any atom is -0.333 e. The summed E-state index contributed by atoms with van der Waals surface area (Å²) in [6, 6.07) is -0.123. The molecule has 1 amide bonds. The van der Waals surface area contributed by atoms with Crippen molar-refractivity contribution in [3.63, 3.8) is 0 Å². The van der Waals surface area contributed by atoms with Crippen molar-refractivity contribution in [2.24, 2.45) is 5.92 Å². The lowest BCUT2D eigenvalue weighted by atomic mass is 9.92. The van der Waals surface area contributed by atoms with Gasteiger partial charge in [-0.15, -0.1) is 0 Å². The van der Waals surface area contributed by atoms with E-state index in [1.165, 1.54) is 6.92 Å². The van der Waals surface area contributed by atoms with Gasteiger partial charge in [0.25, 0.3) is 0 Å². The number of ketones is 1. The standard InChI is InChI=1S/C9H15NO2/c1-6(2)9(12)8-4-5-10(8)7(3)11/h6,8H,4-5H2,1-3H3/t8-/m0/s1. The number of amides is 1. The molecule has 1 saturated heterocycles. The van der Waals surface area contributed by atoms with Crippen LogP contribution in [0.2, 0.25) is 0 Å². The van der Waals surface area contributed by atoms with Crippen molar-refractivity contribution in [2.75, 3.05) is 6.54 Å². The highest BCUT2D eigenvalue weighted by molar-refractivity contribution is 5.91. The highest BCUT2D eigenvalue weighted by Gasteiger charge is 2.36. The number of hydrogen-bond acceptors (Lipinski definition) is 2. The second kappa shape index (κ2) is 3.25. The molecule has 1 aliphatic rings. The summed E-state index contributed by atoms with van der Waals surface area (Å²) in [5.41, 5.74) is 0. The van der Waals surface area contributed by atoms with E-state index < -0.39 is 0 Å². The summed E-state index contributed by atoms with van der Waals surface area (Å²) in [5, 5.41) is 0. The Hall–Kier alpha value is -0.860. The Morgan fingerprint density at radius 3 is 2.25 bits per heavy atom. The van der Waals surface area contributed by atoms with Crippen molar-refractivity contribution >= 4 is 11.7 Å². The molecule has 1 fully saturated rings. The Bertz CT molecular complexity index is 211. The monoisotopic (exact) mass is 169 g/mol. The van der Waals surface area contributed by atoms with Crippen LogP contribution in [0.25, 0.3) is 0 Å². The predicted octanol–water partition coefficient (Wildman–Crippen LogP) is 0.832. The van der Waals surface area contributed by atoms with Gasteiger partial charge in [-0.3, -0.25) is 9.59 Å². The maximum atomic E-state index is 11.4. The minimum absolute atomic E-state index is 0.0141.